The lowest BCUT2D eigenvalue weighted by atomic mass is 10.2. The first kappa shape index (κ1) is 13.6. The summed E-state index contributed by atoms with van der Waals surface area (Å²) in [6.45, 7) is 0.370. The van der Waals surface area contributed by atoms with Gasteiger partial charge >= 0.3 is 5.69 Å². The van der Waals surface area contributed by atoms with Crippen molar-refractivity contribution in [3.8, 4) is 0 Å². The van der Waals surface area contributed by atoms with Crippen LogP contribution in [0.5, 0.6) is 0 Å². The Morgan fingerprint density at radius 3 is 2.74 bits per heavy atom. The smallest absolute Gasteiger partial charge is 0.311 e. The van der Waals surface area contributed by atoms with Gasteiger partial charge in [0.15, 0.2) is 0 Å². The fraction of sp³-hybridized carbons (Fsp3) is 0.0833. The van der Waals surface area contributed by atoms with E-state index in [4.69, 9.17) is 23.2 Å². The zero-order chi connectivity index (χ0) is 13.8. The number of aromatic nitrogens is 1. The molecule has 0 aliphatic rings. The van der Waals surface area contributed by atoms with Crippen LogP contribution in [0.2, 0.25) is 10.0 Å². The van der Waals surface area contributed by atoms with Crippen molar-refractivity contribution in [3.05, 3.63) is 62.3 Å². The lowest BCUT2D eigenvalue weighted by Gasteiger charge is -2.06. The van der Waals surface area contributed by atoms with Crippen molar-refractivity contribution >= 4 is 34.7 Å². The van der Waals surface area contributed by atoms with Gasteiger partial charge in [-0.25, -0.2) is 4.98 Å². The monoisotopic (exact) mass is 297 g/mol. The number of pyridine rings is 1. The summed E-state index contributed by atoms with van der Waals surface area (Å²) in [7, 11) is 0. The molecule has 0 radical (unpaired) electrons. The van der Waals surface area contributed by atoms with Gasteiger partial charge in [0, 0.05) is 18.8 Å². The summed E-state index contributed by atoms with van der Waals surface area (Å²) in [5.41, 5.74) is 0.789. The summed E-state index contributed by atoms with van der Waals surface area (Å²) in [4.78, 5) is 14.3. The van der Waals surface area contributed by atoms with Gasteiger partial charge in [-0.1, -0.05) is 29.3 Å². The molecule has 2 aromatic rings. The first-order valence-electron chi connectivity index (χ1n) is 5.35. The van der Waals surface area contributed by atoms with Crippen LogP contribution in [0.25, 0.3) is 0 Å². The van der Waals surface area contributed by atoms with Crippen LogP contribution in [-0.2, 0) is 6.54 Å². The average molecular weight is 298 g/mol. The minimum absolute atomic E-state index is 0.0671. The molecule has 0 saturated carbocycles. The van der Waals surface area contributed by atoms with Crippen molar-refractivity contribution < 1.29 is 4.92 Å². The molecule has 1 aromatic carbocycles. The minimum Gasteiger partial charge on any atom is -0.360 e. The Labute approximate surface area is 119 Å². The molecule has 1 N–H and O–H groups in total. The number of hydrogen-bond donors (Lipinski definition) is 1. The van der Waals surface area contributed by atoms with E-state index in [-0.39, 0.29) is 11.5 Å². The lowest BCUT2D eigenvalue weighted by molar-refractivity contribution is -0.384. The van der Waals surface area contributed by atoms with Gasteiger partial charge in [-0.3, -0.25) is 10.1 Å². The molecule has 98 valence electrons. The van der Waals surface area contributed by atoms with Gasteiger partial charge in [-0.05, 0) is 23.8 Å². The highest BCUT2D eigenvalue weighted by Crippen LogP contribution is 2.24. The molecule has 0 unspecified atom stereocenters. The number of anilines is 1. The lowest BCUT2D eigenvalue weighted by Crippen LogP contribution is -2.04. The Hall–Kier alpha value is -1.85. The summed E-state index contributed by atoms with van der Waals surface area (Å²) in [5.74, 6) is 0.221. The Morgan fingerprint density at radius 1 is 1.26 bits per heavy atom. The second-order valence-electron chi connectivity index (χ2n) is 3.73. The zero-order valence-electron chi connectivity index (χ0n) is 9.64. The summed E-state index contributed by atoms with van der Waals surface area (Å²) in [5, 5.41) is 14.6. The maximum absolute atomic E-state index is 10.8. The standard InChI is InChI=1S/C12H9Cl2N3O2/c13-9-4-3-8(6-10(9)14)7-16-12-11(17(18)19)2-1-5-15-12/h1-6H,7H2,(H,15,16). The first-order chi connectivity index (χ1) is 9.08. The van der Waals surface area contributed by atoms with E-state index >= 15 is 0 Å². The number of nitrogens with zero attached hydrogens (tertiary/aromatic N) is 2. The molecule has 1 aromatic heterocycles. The number of rotatable bonds is 4. The highest BCUT2D eigenvalue weighted by molar-refractivity contribution is 6.42. The topological polar surface area (TPSA) is 68.1 Å². The number of benzene rings is 1. The average Bonchev–Trinajstić information content (AvgIpc) is 2.40. The Balaban J connectivity index is 2.14. The molecular formula is C12H9Cl2N3O2. The quantitative estimate of drug-likeness (QED) is 0.686. The van der Waals surface area contributed by atoms with E-state index in [1.807, 2.05) is 0 Å². The molecular weight excluding hydrogens is 289 g/mol. The molecule has 0 spiro atoms. The van der Waals surface area contributed by atoms with Crippen LogP contribution in [0, 0.1) is 10.1 Å². The number of nitro groups is 1. The summed E-state index contributed by atoms with van der Waals surface area (Å²) in [6.07, 6.45) is 1.49. The van der Waals surface area contributed by atoms with Gasteiger partial charge in [0.05, 0.1) is 15.0 Å². The third-order valence-corrected chi connectivity index (χ3v) is 3.17. The maximum atomic E-state index is 10.8. The second kappa shape index (κ2) is 5.86. The molecule has 1 heterocycles. The van der Waals surface area contributed by atoms with E-state index in [1.165, 1.54) is 18.3 Å². The van der Waals surface area contributed by atoms with Gasteiger partial charge in [-0.2, -0.15) is 0 Å². The van der Waals surface area contributed by atoms with Crippen molar-refractivity contribution in [2.24, 2.45) is 0 Å². The summed E-state index contributed by atoms with van der Waals surface area (Å²) < 4.78 is 0. The van der Waals surface area contributed by atoms with Crippen LogP contribution in [0.15, 0.2) is 36.5 Å². The van der Waals surface area contributed by atoms with Crippen LogP contribution in [0.4, 0.5) is 11.5 Å². The Bertz CT molecular complexity index is 620. The van der Waals surface area contributed by atoms with Gasteiger partial charge in [-0.15, -0.1) is 0 Å². The van der Waals surface area contributed by atoms with E-state index in [0.717, 1.165) is 5.56 Å². The van der Waals surface area contributed by atoms with Crippen LogP contribution < -0.4 is 5.32 Å². The summed E-state index contributed by atoms with van der Waals surface area (Å²) >= 11 is 11.7. The number of halogens is 2. The molecule has 2 rings (SSSR count). The third kappa shape index (κ3) is 3.33. The molecule has 7 heteroatoms. The van der Waals surface area contributed by atoms with E-state index < -0.39 is 4.92 Å². The van der Waals surface area contributed by atoms with Gasteiger partial charge < -0.3 is 5.32 Å². The van der Waals surface area contributed by atoms with E-state index in [9.17, 15) is 10.1 Å². The van der Waals surface area contributed by atoms with Crippen molar-refractivity contribution in [3.63, 3.8) is 0 Å². The number of nitrogens with one attached hydrogen (secondary N) is 1. The van der Waals surface area contributed by atoms with Crippen molar-refractivity contribution in [1.82, 2.24) is 4.98 Å². The van der Waals surface area contributed by atoms with Crippen molar-refractivity contribution in [2.45, 2.75) is 6.54 Å². The zero-order valence-corrected chi connectivity index (χ0v) is 11.1. The second-order valence-corrected chi connectivity index (χ2v) is 4.54. The predicted octanol–water partition coefficient (Wildman–Crippen LogP) is 3.91. The molecule has 0 saturated heterocycles. The highest BCUT2D eigenvalue weighted by Gasteiger charge is 2.13. The molecule has 0 bridgehead atoms. The van der Waals surface area contributed by atoms with E-state index in [2.05, 4.69) is 10.3 Å². The predicted molar refractivity (Wildman–Crippen MR) is 74.7 cm³/mol. The van der Waals surface area contributed by atoms with Crippen LogP contribution in [0.1, 0.15) is 5.56 Å². The molecule has 0 aliphatic carbocycles. The molecule has 0 aliphatic heterocycles. The SMILES string of the molecule is O=[N+]([O-])c1cccnc1NCc1ccc(Cl)c(Cl)c1. The van der Waals surface area contributed by atoms with Crippen LogP contribution in [0.3, 0.4) is 0 Å². The molecule has 0 atom stereocenters. The van der Waals surface area contributed by atoms with Crippen molar-refractivity contribution in [1.29, 1.82) is 0 Å². The van der Waals surface area contributed by atoms with Crippen LogP contribution in [-0.4, -0.2) is 9.91 Å². The Morgan fingerprint density at radius 2 is 2.05 bits per heavy atom. The van der Waals surface area contributed by atoms with Gasteiger partial charge in [0.1, 0.15) is 0 Å². The molecule has 0 fully saturated rings. The fourth-order valence-electron chi connectivity index (χ4n) is 1.52. The summed E-state index contributed by atoms with van der Waals surface area (Å²) in [6, 6.07) is 8.07. The van der Waals surface area contributed by atoms with Crippen LogP contribution >= 0.6 is 23.2 Å². The number of hydrogen-bond acceptors (Lipinski definition) is 4. The van der Waals surface area contributed by atoms with Gasteiger partial charge in [0.2, 0.25) is 5.82 Å². The Kier molecular flexibility index (Phi) is 4.19. The van der Waals surface area contributed by atoms with Gasteiger partial charge in [0.25, 0.3) is 0 Å². The van der Waals surface area contributed by atoms with E-state index in [0.29, 0.717) is 16.6 Å². The molecule has 5 nitrogen and oxygen atoms in total. The van der Waals surface area contributed by atoms with E-state index in [1.54, 1.807) is 18.2 Å². The largest absolute Gasteiger partial charge is 0.360 e. The molecule has 19 heavy (non-hydrogen) atoms. The third-order valence-electron chi connectivity index (χ3n) is 2.43. The minimum atomic E-state index is -0.482. The highest BCUT2D eigenvalue weighted by atomic mass is 35.5. The van der Waals surface area contributed by atoms with Crippen molar-refractivity contribution in [2.75, 3.05) is 5.32 Å². The fourth-order valence-corrected chi connectivity index (χ4v) is 1.84. The maximum Gasteiger partial charge on any atom is 0.311 e. The normalized spacial score (nSPS) is 10.2. The first-order valence-corrected chi connectivity index (χ1v) is 6.10. The molecule has 0 amide bonds.